The molecule has 0 spiro atoms. The van der Waals surface area contributed by atoms with Gasteiger partial charge < -0.3 is 0 Å². The minimum Gasteiger partial charge on any atom is -0.197 e. The van der Waals surface area contributed by atoms with Crippen LogP contribution in [0.15, 0.2) is 0 Å². The van der Waals surface area contributed by atoms with Crippen LogP contribution in [0.5, 0.6) is 0 Å². The van der Waals surface area contributed by atoms with Gasteiger partial charge in [-0.3, -0.25) is 0 Å². The van der Waals surface area contributed by atoms with Crippen LogP contribution in [0.2, 0.25) is 0 Å². The fourth-order valence-electron chi connectivity index (χ4n) is 0.864. The molecule has 0 radical (unpaired) electrons. The highest BCUT2D eigenvalue weighted by molar-refractivity contribution is 5.40. The predicted molar refractivity (Wildman–Crippen MR) is 38.3 cm³/mol. The quantitative estimate of drug-likeness (QED) is 0.550. The number of nitriles is 1. The Hall–Kier alpha value is -1.54. The third-order valence-corrected chi connectivity index (χ3v) is 1.55. The summed E-state index contributed by atoms with van der Waals surface area (Å²) in [6.07, 6.45) is 0. The van der Waals surface area contributed by atoms with Crippen molar-refractivity contribution < 1.29 is 4.39 Å². The molecular formula is C9H6FN. The molecule has 1 aromatic carbocycles. The number of rotatable bonds is 0. The second-order valence-corrected chi connectivity index (χ2v) is 2.30. The molecule has 0 bridgehead atoms. The lowest BCUT2D eigenvalue weighted by Gasteiger charge is -1.96. The first kappa shape index (κ1) is 7.57. The molecule has 2 heteroatoms. The van der Waals surface area contributed by atoms with E-state index in [0.717, 1.165) is 0 Å². The molecule has 0 aliphatic rings. The smallest absolute Gasteiger partial charge is 0.177 e. The van der Waals surface area contributed by atoms with E-state index in [-0.39, 0.29) is 0 Å². The van der Waals surface area contributed by atoms with E-state index in [9.17, 15) is 4.39 Å². The van der Waals surface area contributed by atoms with Crippen molar-refractivity contribution in [3.05, 3.63) is 34.6 Å². The van der Waals surface area contributed by atoms with Crippen LogP contribution in [0.4, 0.5) is 4.39 Å². The van der Waals surface area contributed by atoms with Crippen LogP contribution in [0, 0.1) is 43.1 Å². The van der Waals surface area contributed by atoms with Crippen LogP contribution < -0.4 is 0 Å². The molecule has 0 fully saturated rings. The summed E-state index contributed by atoms with van der Waals surface area (Å²) in [5, 5.41) is 8.57. The van der Waals surface area contributed by atoms with Crippen molar-refractivity contribution in [2.24, 2.45) is 0 Å². The van der Waals surface area contributed by atoms with Crippen molar-refractivity contribution in [2.45, 2.75) is 13.8 Å². The van der Waals surface area contributed by atoms with Crippen molar-refractivity contribution in [3.8, 4) is 6.07 Å². The van der Waals surface area contributed by atoms with Gasteiger partial charge in [-0.05, 0) is 19.9 Å². The summed E-state index contributed by atoms with van der Waals surface area (Å²) in [6.45, 7) is 3.27. The van der Waals surface area contributed by atoms with E-state index in [2.05, 4.69) is 12.1 Å². The molecular weight excluding hydrogens is 141 g/mol. The van der Waals surface area contributed by atoms with Crippen molar-refractivity contribution >= 4 is 0 Å². The molecule has 0 saturated carbocycles. The van der Waals surface area contributed by atoms with E-state index in [4.69, 9.17) is 5.26 Å². The van der Waals surface area contributed by atoms with Gasteiger partial charge in [-0.25, -0.2) is 0 Å². The molecule has 0 saturated heterocycles. The first-order valence-corrected chi connectivity index (χ1v) is 3.16. The summed E-state index contributed by atoms with van der Waals surface area (Å²) in [6, 6.07) is 6.75. The van der Waals surface area contributed by atoms with Gasteiger partial charge in [0.15, 0.2) is 5.82 Å². The van der Waals surface area contributed by atoms with E-state index in [1.807, 2.05) is 6.07 Å². The molecule has 0 amide bonds. The van der Waals surface area contributed by atoms with Crippen molar-refractivity contribution in [2.75, 3.05) is 0 Å². The number of hydrogen-bond acceptors (Lipinski definition) is 1. The van der Waals surface area contributed by atoms with Crippen LogP contribution in [-0.4, -0.2) is 0 Å². The SMILES string of the molecule is Cc1c#cc(F)c(C)c1C#N. The van der Waals surface area contributed by atoms with E-state index in [1.54, 1.807) is 13.8 Å². The summed E-state index contributed by atoms with van der Waals surface area (Å²) in [5.74, 6) is -0.493. The Morgan fingerprint density at radius 3 is 2.45 bits per heavy atom. The summed E-state index contributed by atoms with van der Waals surface area (Å²) in [5.41, 5.74) is 1.36. The van der Waals surface area contributed by atoms with Gasteiger partial charge in [0.1, 0.15) is 6.07 Å². The zero-order valence-corrected chi connectivity index (χ0v) is 6.33. The van der Waals surface area contributed by atoms with Gasteiger partial charge in [0.2, 0.25) is 0 Å². The van der Waals surface area contributed by atoms with Crippen LogP contribution >= 0.6 is 0 Å². The molecule has 0 unspecified atom stereocenters. The lowest BCUT2D eigenvalue weighted by Crippen LogP contribution is -1.89. The summed E-state index contributed by atoms with van der Waals surface area (Å²) >= 11 is 0. The third-order valence-electron chi connectivity index (χ3n) is 1.55. The van der Waals surface area contributed by atoms with Crippen molar-refractivity contribution in [1.82, 2.24) is 0 Å². The second kappa shape index (κ2) is 2.60. The van der Waals surface area contributed by atoms with Crippen molar-refractivity contribution in [1.29, 1.82) is 5.26 Å². The standard InChI is InChI=1S/C9H6FN/c1-6-3-4-9(10)7(2)8(6)5-11/h1-2H3. The fraction of sp³-hybridized carbons (Fsp3) is 0.222. The zero-order chi connectivity index (χ0) is 8.43. The van der Waals surface area contributed by atoms with Crippen LogP contribution in [0.1, 0.15) is 16.7 Å². The molecule has 0 N–H and O–H groups in total. The molecule has 1 rings (SSSR count). The van der Waals surface area contributed by atoms with Gasteiger partial charge in [0.25, 0.3) is 0 Å². The Bertz CT molecular complexity index is 323. The van der Waals surface area contributed by atoms with Gasteiger partial charge in [-0.2, -0.15) is 9.65 Å². The fourth-order valence-corrected chi connectivity index (χ4v) is 0.864. The summed E-state index contributed by atoms with van der Waals surface area (Å²) in [4.78, 5) is 0. The minimum absolute atomic E-state index is 0.351. The topological polar surface area (TPSA) is 23.8 Å². The summed E-state index contributed by atoms with van der Waals surface area (Å²) in [7, 11) is 0. The average molecular weight is 147 g/mol. The normalized spacial score (nSPS) is 8.55. The molecule has 0 aliphatic heterocycles. The van der Waals surface area contributed by atoms with E-state index < -0.39 is 5.82 Å². The number of hydrogen-bond donors (Lipinski definition) is 0. The van der Waals surface area contributed by atoms with Gasteiger partial charge in [-0.1, -0.05) is 6.07 Å². The largest absolute Gasteiger partial charge is 0.197 e. The zero-order valence-electron chi connectivity index (χ0n) is 6.33. The molecule has 0 heterocycles. The Balaban J connectivity index is 3.44. The average Bonchev–Trinajstić information content (AvgIpc) is 1.99. The monoisotopic (exact) mass is 147 g/mol. The molecule has 0 aromatic heterocycles. The van der Waals surface area contributed by atoms with Crippen LogP contribution in [0.3, 0.4) is 0 Å². The molecule has 1 aromatic rings. The first-order valence-electron chi connectivity index (χ1n) is 3.16. The maximum atomic E-state index is 12.7. The van der Waals surface area contributed by atoms with Gasteiger partial charge in [0, 0.05) is 11.1 Å². The molecule has 0 atom stereocenters. The Morgan fingerprint density at radius 2 is 2.00 bits per heavy atom. The lowest BCUT2D eigenvalue weighted by molar-refractivity contribution is 0.618. The molecule has 0 aliphatic carbocycles. The highest BCUT2D eigenvalue weighted by Crippen LogP contribution is 2.11. The minimum atomic E-state index is -0.493. The second-order valence-electron chi connectivity index (χ2n) is 2.30. The van der Waals surface area contributed by atoms with E-state index in [0.29, 0.717) is 16.7 Å². The van der Waals surface area contributed by atoms with Crippen molar-refractivity contribution in [3.63, 3.8) is 0 Å². The number of halogens is 1. The van der Waals surface area contributed by atoms with Crippen LogP contribution in [-0.2, 0) is 0 Å². The first-order chi connectivity index (χ1) is 5.16. The predicted octanol–water partition coefficient (Wildman–Crippen LogP) is 1.91. The highest BCUT2D eigenvalue weighted by Gasteiger charge is 2.04. The Morgan fingerprint density at radius 1 is 1.36 bits per heavy atom. The Kier molecular flexibility index (Phi) is 1.79. The summed E-state index contributed by atoms with van der Waals surface area (Å²) < 4.78 is 12.7. The van der Waals surface area contributed by atoms with Gasteiger partial charge >= 0.3 is 0 Å². The molecule has 1 nitrogen and oxygen atoms in total. The van der Waals surface area contributed by atoms with Gasteiger partial charge in [-0.15, -0.1) is 0 Å². The lowest BCUT2D eigenvalue weighted by atomic mass is 10.1. The maximum absolute atomic E-state index is 12.7. The Labute approximate surface area is 65.1 Å². The highest BCUT2D eigenvalue weighted by atomic mass is 19.1. The number of nitrogens with zero attached hydrogens (tertiary/aromatic N) is 1. The van der Waals surface area contributed by atoms with E-state index in [1.165, 1.54) is 0 Å². The van der Waals surface area contributed by atoms with Crippen LogP contribution in [0.25, 0.3) is 0 Å². The molecule has 54 valence electrons. The maximum Gasteiger partial charge on any atom is 0.177 e. The van der Waals surface area contributed by atoms with E-state index >= 15 is 0 Å². The molecule has 11 heavy (non-hydrogen) atoms. The third kappa shape index (κ3) is 1.16. The van der Waals surface area contributed by atoms with Gasteiger partial charge in [0.05, 0.1) is 5.56 Å².